The first kappa shape index (κ1) is 13.2. The zero-order chi connectivity index (χ0) is 15.0. The average Bonchev–Trinajstić information content (AvgIpc) is 2.93. The quantitative estimate of drug-likeness (QED) is 0.533. The van der Waals surface area contributed by atoms with E-state index in [0.717, 1.165) is 21.4 Å². The summed E-state index contributed by atoms with van der Waals surface area (Å²) in [6.45, 7) is 3.76. The summed E-state index contributed by atoms with van der Waals surface area (Å²) in [6, 6.07) is 7.50. The Bertz CT molecular complexity index is 786. The van der Waals surface area contributed by atoms with E-state index in [1.807, 2.05) is 42.1 Å². The van der Waals surface area contributed by atoms with Crippen LogP contribution in [0.1, 0.15) is 5.56 Å². The van der Waals surface area contributed by atoms with Gasteiger partial charge in [-0.15, -0.1) is 6.58 Å². The smallest absolute Gasteiger partial charge is 0.329 e. The lowest BCUT2D eigenvalue weighted by atomic mass is 10.1. The van der Waals surface area contributed by atoms with Gasteiger partial charge in [0.05, 0.1) is 0 Å². The van der Waals surface area contributed by atoms with E-state index in [2.05, 4.69) is 11.9 Å². The molecule has 2 heterocycles. The fourth-order valence-electron chi connectivity index (χ4n) is 2.51. The molecule has 0 radical (unpaired) electrons. The van der Waals surface area contributed by atoms with Gasteiger partial charge in [-0.05, 0) is 12.1 Å². The van der Waals surface area contributed by atoms with E-state index in [4.69, 9.17) is 0 Å². The Hall–Kier alpha value is -2.82. The molecule has 1 aliphatic heterocycles. The summed E-state index contributed by atoms with van der Waals surface area (Å²) in [6.07, 6.45) is 5.18. The molecule has 106 valence electrons. The number of benzene rings is 1. The molecule has 0 aliphatic carbocycles. The van der Waals surface area contributed by atoms with Crippen LogP contribution < -0.4 is 5.32 Å². The standard InChI is InChI=1S/C16H15N3O2/c1-3-8-19-15(20)13(17-16(19)21)9-11-10-18(2)14-7-5-4-6-12(11)14/h3-7,9-10H,1,8H2,2H3,(H,17,21)/b13-9+. The number of hydrogen-bond donors (Lipinski definition) is 1. The largest absolute Gasteiger partial charge is 0.350 e. The molecule has 2 aromatic rings. The topological polar surface area (TPSA) is 54.3 Å². The van der Waals surface area contributed by atoms with Gasteiger partial charge in [0.1, 0.15) is 5.70 Å². The molecule has 5 nitrogen and oxygen atoms in total. The monoisotopic (exact) mass is 281 g/mol. The highest BCUT2D eigenvalue weighted by molar-refractivity contribution is 6.14. The first-order valence-electron chi connectivity index (χ1n) is 6.61. The zero-order valence-corrected chi connectivity index (χ0v) is 11.7. The van der Waals surface area contributed by atoms with Gasteiger partial charge in [0.25, 0.3) is 5.91 Å². The van der Waals surface area contributed by atoms with Crippen LogP contribution in [-0.4, -0.2) is 28.0 Å². The average molecular weight is 281 g/mol. The van der Waals surface area contributed by atoms with E-state index in [1.54, 1.807) is 6.08 Å². The van der Waals surface area contributed by atoms with Crippen molar-refractivity contribution < 1.29 is 9.59 Å². The molecule has 0 unspecified atom stereocenters. The first-order chi connectivity index (χ1) is 10.1. The Labute approximate surface area is 122 Å². The SMILES string of the molecule is C=CCN1C(=O)N/C(=C/c2cn(C)c3ccccc23)C1=O. The van der Waals surface area contributed by atoms with Crippen molar-refractivity contribution in [2.45, 2.75) is 0 Å². The summed E-state index contributed by atoms with van der Waals surface area (Å²) in [4.78, 5) is 25.0. The van der Waals surface area contributed by atoms with Crippen LogP contribution in [0.15, 0.2) is 48.8 Å². The van der Waals surface area contributed by atoms with E-state index in [9.17, 15) is 9.59 Å². The van der Waals surface area contributed by atoms with Crippen molar-refractivity contribution in [3.8, 4) is 0 Å². The van der Waals surface area contributed by atoms with Crippen molar-refractivity contribution in [1.29, 1.82) is 0 Å². The summed E-state index contributed by atoms with van der Waals surface area (Å²) in [5.41, 5.74) is 2.26. The van der Waals surface area contributed by atoms with Crippen molar-refractivity contribution in [3.63, 3.8) is 0 Å². The molecule has 1 aromatic heterocycles. The molecule has 1 fully saturated rings. The van der Waals surface area contributed by atoms with Crippen LogP contribution in [0.2, 0.25) is 0 Å². The number of urea groups is 1. The van der Waals surface area contributed by atoms with Gasteiger partial charge in [-0.1, -0.05) is 24.3 Å². The highest BCUT2D eigenvalue weighted by atomic mass is 16.2. The second kappa shape index (κ2) is 4.94. The molecule has 0 atom stereocenters. The van der Waals surface area contributed by atoms with Gasteiger partial charge in [0.15, 0.2) is 0 Å². The number of aromatic nitrogens is 1. The summed E-state index contributed by atoms with van der Waals surface area (Å²) in [7, 11) is 1.95. The molecule has 0 spiro atoms. The Morgan fingerprint density at radius 1 is 1.29 bits per heavy atom. The van der Waals surface area contributed by atoms with E-state index in [1.165, 1.54) is 6.08 Å². The summed E-state index contributed by atoms with van der Waals surface area (Å²) in [5, 5.41) is 3.64. The van der Waals surface area contributed by atoms with Crippen LogP contribution in [0.25, 0.3) is 17.0 Å². The third-order valence-corrected chi connectivity index (χ3v) is 3.50. The third kappa shape index (κ3) is 2.12. The van der Waals surface area contributed by atoms with Crippen LogP contribution in [0.3, 0.4) is 0 Å². The second-order valence-electron chi connectivity index (χ2n) is 4.91. The maximum atomic E-state index is 12.2. The van der Waals surface area contributed by atoms with Crippen molar-refractivity contribution in [3.05, 3.63) is 54.4 Å². The Kier molecular flexibility index (Phi) is 3.10. The molecular weight excluding hydrogens is 266 g/mol. The number of carbonyl (C=O) groups excluding carboxylic acids is 2. The number of carbonyl (C=O) groups is 2. The Balaban J connectivity index is 2.03. The number of para-hydroxylation sites is 1. The Morgan fingerprint density at radius 3 is 2.81 bits per heavy atom. The Morgan fingerprint density at radius 2 is 2.05 bits per heavy atom. The lowest BCUT2D eigenvalue weighted by Gasteiger charge is -2.06. The minimum absolute atomic E-state index is 0.206. The van der Waals surface area contributed by atoms with Gasteiger partial charge in [-0.2, -0.15) is 0 Å². The van der Waals surface area contributed by atoms with Crippen LogP contribution in [-0.2, 0) is 11.8 Å². The third-order valence-electron chi connectivity index (χ3n) is 3.50. The van der Waals surface area contributed by atoms with Crippen LogP contribution >= 0.6 is 0 Å². The summed E-state index contributed by atoms with van der Waals surface area (Å²) in [5.74, 6) is -0.326. The molecular formula is C16H15N3O2. The fourth-order valence-corrected chi connectivity index (χ4v) is 2.51. The van der Waals surface area contributed by atoms with Crippen LogP contribution in [0.5, 0.6) is 0 Å². The van der Waals surface area contributed by atoms with Gasteiger partial charge in [-0.3, -0.25) is 9.69 Å². The van der Waals surface area contributed by atoms with Crippen LogP contribution in [0.4, 0.5) is 4.79 Å². The maximum Gasteiger partial charge on any atom is 0.329 e. The second-order valence-corrected chi connectivity index (χ2v) is 4.91. The predicted octanol–water partition coefficient (Wildman–Crippen LogP) is 2.26. The molecule has 0 bridgehead atoms. The number of hydrogen-bond acceptors (Lipinski definition) is 2. The molecule has 1 aliphatic rings. The molecule has 1 N–H and O–H groups in total. The van der Waals surface area contributed by atoms with Crippen molar-refractivity contribution in [2.24, 2.45) is 7.05 Å². The predicted molar refractivity (Wildman–Crippen MR) is 81.3 cm³/mol. The van der Waals surface area contributed by atoms with Gasteiger partial charge < -0.3 is 9.88 Å². The molecule has 3 rings (SSSR count). The number of aryl methyl sites for hydroxylation is 1. The van der Waals surface area contributed by atoms with E-state index >= 15 is 0 Å². The van der Waals surface area contributed by atoms with Gasteiger partial charge >= 0.3 is 6.03 Å². The highest BCUT2D eigenvalue weighted by Gasteiger charge is 2.32. The number of rotatable bonds is 3. The molecule has 5 heteroatoms. The maximum absolute atomic E-state index is 12.2. The highest BCUT2D eigenvalue weighted by Crippen LogP contribution is 2.23. The number of nitrogens with zero attached hydrogens (tertiary/aromatic N) is 2. The van der Waals surface area contributed by atoms with Crippen molar-refractivity contribution in [1.82, 2.24) is 14.8 Å². The number of amides is 3. The number of nitrogens with one attached hydrogen (secondary N) is 1. The van der Waals surface area contributed by atoms with E-state index in [-0.39, 0.29) is 12.5 Å². The lowest BCUT2D eigenvalue weighted by molar-refractivity contribution is -0.122. The molecule has 0 saturated carbocycles. The summed E-state index contributed by atoms with van der Waals surface area (Å²) >= 11 is 0. The lowest BCUT2D eigenvalue weighted by Crippen LogP contribution is -2.30. The number of imide groups is 1. The zero-order valence-electron chi connectivity index (χ0n) is 11.7. The molecule has 1 aromatic carbocycles. The minimum Gasteiger partial charge on any atom is -0.350 e. The molecule has 1 saturated heterocycles. The van der Waals surface area contributed by atoms with E-state index < -0.39 is 6.03 Å². The van der Waals surface area contributed by atoms with Crippen molar-refractivity contribution >= 4 is 28.9 Å². The summed E-state index contributed by atoms with van der Waals surface area (Å²) < 4.78 is 1.99. The minimum atomic E-state index is -0.411. The molecule has 3 amide bonds. The van der Waals surface area contributed by atoms with Gasteiger partial charge in [0, 0.05) is 36.3 Å². The fraction of sp³-hybridized carbons (Fsp3) is 0.125. The van der Waals surface area contributed by atoms with Crippen molar-refractivity contribution in [2.75, 3.05) is 6.54 Å². The number of fused-ring (bicyclic) bond motifs is 1. The normalized spacial score (nSPS) is 16.8. The van der Waals surface area contributed by atoms with Gasteiger partial charge in [-0.25, -0.2) is 4.79 Å². The van der Waals surface area contributed by atoms with Gasteiger partial charge in [0.2, 0.25) is 0 Å². The van der Waals surface area contributed by atoms with E-state index in [0.29, 0.717) is 5.70 Å². The van der Waals surface area contributed by atoms with Crippen LogP contribution in [0, 0.1) is 0 Å². The first-order valence-corrected chi connectivity index (χ1v) is 6.61. The molecule has 21 heavy (non-hydrogen) atoms.